The summed E-state index contributed by atoms with van der Waals surface area (Å²) in [5.41, 5.74) is 2.29. The van der Waals surface area contributed by atoms with Gasteiger partial charge in [-0.3, -0.25) is 4.79 Å². The van der Waals surface area contributed by atoms with Gasteiger partial charge in [0, 0.05) is 6.42 Å². The molecule has 0 aliphatic carbocycles. The van der Waals surface area contributed by atoms with Crippen molar-refractivity contribution in [1.82, 2.24) is 0 Å². The van der Waals surface area contributed by atoms with E-state index in [0.717, 1.165) is 0 Å². The molecular formula is C7H14FNO2. The van der Waals surface area contributed by atoms with Crippen LogP contribution in [0.3, 0.4) is 0 Å². The van der Waals surface area contributed by atoms with Crippen LogP contribution in [-0.4, -0.2) is 22.3 Å². The molecule has 0 amide bonds. The Hall–Kier alpha value is -0.640. The highest BCUT2D eigenvalue weighted by atomic mass is 19.1. The van der Waals surface area contributed by atoms with E-state index in [1.54, 1.807) is 0 Å². The molecule has 0 spiro atoms. The van der Waals surface area contributed by atoms with E-state index in [-0.39, 0.29) is 6.42 Å². The SMILES string of the molecule is CC(C)(F)CC(C)(N)C(=O)O. The van der Waals surface area contributed by atoms with Crippen LogP contribution in [0.1, 0.15) is 27.2 Å². The van der Waals surface area contributed by atoms with E-state index in [1.165, 1.54) is 20.8 Å². The van der Waals surface area contributed by atoms with Crippen molar-refractivity contribution in [2.75, 3.05) is 0 Å². The summed E-state index contributed by atoms with van der Waals surface area (Å²) < 4.78 is 12.9. The lowest BCUT2D eigenvalue weighted by molar-refractivity contribution is -0.144. The topological polar surface area (TPSA) is 63.3 Å². The summed E-state index contributed by atoms with van der Waals surface area (Å²) in [7, 11) is 0. The zero-order chi connectivity index (χ0) is 9.28. The van der Waals surface area contributed by atoms with Crippen molar-refractivity contribution in [3.63, 3.8) is 0 Å². The lowest BCUT2D eigenvalue weighted by Crippen LogP contribution is -2.48. The van der Waals surface area contributed by atoms with Gasteiger partial charge in [-0.15, -0.1) is 0 Å². The van der Waals surface area contributed by atoms with Gasteiger partial charge in [-0.25, -0.2) is 4.39 Å². The van der Waals surface area contributed by atoms with Crippen LogP contribution in [0.2, 0.25) is 0 Å². The minimum absolute atomic E-state index is 0.185. The summed E-state index contributed by atoms with van der Waals surface area (Å²) in [6.45, 7) is 3.92. The summed E-state index contributed by atoms with van der Waals surface area (Å²) in [5.74, 6) is -1.18. The number of halogens is 1. The van der Waals surface area contributed by atoms with Crippen LogP contribution in [-0.2, 0) is 4.79 Å². The number of hydrogen-bond acceptors (Lipinski definition) is 2. The number of carboxylic acids is 1. The first-order valence-electron chi connectivity index (χ1n) is 3.36. The first-order chi connectivity index (χ1) is 4.65. The minimum atomic E-state index is -1.54. The number of aliphatic carboxylic acids is 1. The quantitative estimate of drug-likeness (QED) is 0.650. The van der Waals surface area contributed by atoms with Gasteiger partial charge in [0.2, 0.25) is 0 Å². The third kappa shape index (κ3) is 3.93. The van der Waals surface area contributed by atoms with Crippen molar-refractivity contribution in [3.05, 3.63) is 0 Å². The molecule has 0 saturated heterocycles. The Balaban J connectivity index is 4.25. The number of carbonyl (C=O) groups is 1. The summed E-state index contributed by atoms with van der Waals surface area (Å²) in [5, 5.41) is 8.51. The van der Waals surface area contributed by atoms with E-state index in [2.05, 4.69) is 0 Å². The van der Waals surface area contributed by atoms with E-state index in [9.17, 15) is 9.18 Å². The van der Waals surface area contributed by atoms with Crippen LogP contribution in [0.25, 0.3) is 0 Å². The van der Waals surface area contributed by atoms with Crippen LogP contribution in [0.15, 0.2) is 0 Å². The lowest BCUT2D eigenvalue weighted by atomic mass is 9.90. The summed E-state index contributed by atoms with van der Waals surface area (Å²) in [4.78, 5) is 10.4. The first kappa shape index (κ1) is 10.4. The fourth-order valence-corrected chi connectivity index (χ4v) is 0.949. The van der Waals surface area contributed by atoms with Crippen molar-refractivity contribution >= 4 is 5.97 Å². The Morgan fingerprint density at radius 1 is 1.55 bits per heavy atom. The van der Waals surface area contributed by atoms with E-state index in [0.29, 0.717) is 0 Å². The van der Waals surface area contributed by atoms with Gasteiger partial charge in [-0.05, 0) is 20.8 Å². The van der Waals surface area contributed by atoms with Crippen LogP contribution in [0.5, 0.6) is 0 Å². The van der Waals surface area contributed by atoms with Gasteiger partial charge in [0.05, 0.1) is 0 Å². The van der Waals surface area contributed by atoms with Crippen molar-refractivity contribution < 1.29 is 14.3 Å². The second-order valence-electron chi connectivity index (χ2n) is 3.62. The van der Waals surface area contributed by atoms with E-state index < -0.39 is 17.2 Å². The normalized spacial score (nSPS) is 17.5. The molecule has 0 fully saturated rings. The third-order valence-corrected chi connectivity index (χ3v) is 1.28. The molecule has 66 valence electrons. The zero-order valence-electron chi connectivity index (χ0n) is 7.02. The Morgan fingerprint density at radius 3 is 2.00 bits per heavy atom. The van der Waals surface area contributed by atoms with Crippen molar-refractivity contribution in [3.8, 4) is 0 Å². The largest absolute Gasteiger partial charge is 0.480 e. The van der Waals surface area contributed by atoms with Crippen molar-refractivity contribution in [2.45, 2.75) is 38.4 Å². The Bertz CT molecular complexity index is 160. The van der Waals surface area contributed by atoms with Crippen molar-refractivity contribution in [1.29, 1.82) is 0 Å². The monoisotopic (exact) mass is 163 g/mol. The van der Waals surface area contributed by atoms with Crippen LogP contribution < -0.4 is 5.73 Å². The fraction of sp³-hybridized carbons (Fsp3) is 0.857. The highest BCUT2D eigenvalue weighted by Crippen LogP contribution is 2.21. The van der Waals surface area contributed by atoms with Gasteiger partial charge >= 0.3 is 5.97 Å². The molecule has 0 heterocycles. The number of hydrogen-bond donors (Lipinski definition) is 2. The molecule has 0 aromatic rings. The second kappa shape index (κ2) is 2.77. The number of alkyl halides is 1. The van der Waals surface area contributed by atoms with Gasteiger partial charge in [-0.2, -0.15) is 0 Å². The highest BCUT2D eigenvalue weighted by molar-refractivity contribution is 5.77. The summed E-state index contributed by atoms with van der Waals surface area (Å²) in [6, 6.07) is 0. The van der Waals surface area contributed by atoms with Gasteiger partial charge in [-0.1, -0.05) is 0 Å². The van der Waals surface area contributed by atoms with Crippen LogP contribution in [0, 0.1) is 0 Å². The Kier molecular flexibility index (Phi) is 2.61. The lowest BCUT2D eigenvalue weighted by Gasteiger charge is -2.25. The number of nitrogens with two attached hydrogens (primary N) is 1. The van der Waals surface area contributed by atoms with E-state index >= 15 is 0 Å². The maximum absolute atomic E-state index is 12.9. The average molecular weight is 163 g/mol. The van der Waals surface area contributed by atoms with Gasteiger partial charge in [0.25, 0.3) is 0 Å². The fourth-order valence-electron chi connectivity index (χ4n) is 0.949. The molecule has 0 aliphatic rings. The average Bonchev–Trinajstić information content (AvgIpc) is 1.56. The second-order valence-corrected chi connectivity index (χ2v) is 3.62. The third-order valence-electron chi connectivity index (χ3n) is 1.28. The summed E-state index contributed by atoms with van der Waals surface area (Å²) >= 11 is 0. The Labute approximate surface area is 65.4 Å². The van der Waals surface area contributed by atoms with E-state index in [1.807, 2.05) is 0 Å². The highest BCUT2D eigenvalue weighted by Gasteiger charge is 2.35. The van der Waals surface area contributed by atoms with Crippen LogP contribution in [0.4, 0.5) is 4.39 Å². The molecule has 11 heavy (non-hydrogen) atoms. The molecule has 0 aromatic carbocycles. The number of carboxylic acid groups (broad SMARTS) is 1. The molecule has 1 atom stereocenters. The molecule has 0 aromatic heterocycles. The first-order valence-corrected chi connectivity index (χ1v) is 3.36. The molecule has 4 heteroatoms. The molecule has 0 aliphatic heterocycles. The molecule has 0 radical (unpaired) electrons. The van der Waals surface area contributed by atoms with Gasteiger partial charge < -0.3 is 10.8 Å². The molecular weight excluding hydrogens is 149 g/mol. The van der Waals surface area contributed by atoms with E-state index in [4.69, 9.17) is 10.8 Å². The number of rotatable bonds is 3. The maximum atomic E-state index is 12.9. The van der Waals surface area contributed by atoms with Crippen LogP contribution >= 0.6 is 0 Å². The predicted molar refractivity (Wildman–Crippen MR) is 40.0 cm³/mol. The predicted octanol–water partition coefficient (Wildman–Crippen LogP) is 0.927. The zero-order valence-corrected chi connectivity index (χ0v) is 7.02. The standard InChI is InChI=1S/C7H14FNO2/c1-6(2,8)4-7(3,9)5(10)11/h4,9H2,1-3H3,(H,10,11). The molecule has 0 saturated carbocycles. The minimum Gasteiger partial charge on any atom is -0.480 e. The smallest absolute Gasteiger partial charge is 0.323 e. The summed E-state index contributed by atoms with van der Waals surface area (Å²) in [6.07, 6.45) is -0.185. The molecule has 0 rings (SSSR count). The molecule has 1 unspecified atom stereocenters. The van der Waals surface area contributed by atoms with Gasteiger partial charge in [0.1, 0.15) is 11.2 Å². The maximum Gasteiger partial charge on any atom is 0.323 e. The molecule has 3 N–H and O–H groups in total. The van der Waals surface area contributed by atoms with Gasteiger partial charge in [0.15, 0.2) is 0 Å². The molecule has 0 bridgehead atoms. The Morgan fingerprint density at radius 2 is 1.91 bits per heavy atom. The molecule has 3 nitrogen and oxygen atoms in total. The van der Waals surface area contributed by atoms with Crippen molar-refractivity contribution in [2.24, 2.45) is 5.73 Å².